The average molecular weight is 419 g/mol. The van der Waals surface area contributed by atoms with Gasteiger partial charge in [-0.15, -0.1) is 0 Å². The molecule has 0 radical (unpaired) electrons. The van der Waals surface area contributed by atoms with Crippen LogP contribution in [0.4, 0.5) is 18.9 Å². The van der Waals surface area contributed by atoms with Gasteiger partial charge in [0.25, 0.3) is 0 Å². The number of alkyl halides is 3. The highest BCUT2D eigenvalue weighted by Crippen LogP contribution is 2.30. The first-order valence-electron chi connectivity index (χ1n) is 9.20. The Balaban J connectivity index is 1.65. The zero-order valence-electron chi connectivity index (χ0n) is 16.1. The van der Waals surface area contributed by atoms with E-state index in [0.717, 1.165) is 12.1 Å². The van der Waals surface area contributed by atoms with Gasteiger partial charge in [0.1, 0.15) is 0 Å². The van der Waals surface area contributed by atoms with Crippen molar-refractivity contribution in [3.63, 3.8) is 0 Å². The number of anilines is 1. The molecular formula is C21H20F3N3O3. The molecule has 2 aromatic carbocycles. The first-order chi connectivity index (χ1) is 14.0. The number of amides is 3. The second-order valence-electron chi connectivity index (χ2n) is 7.26. The number of nitrogens with zero attached hydrogens (tertiary/aromatic N) is 1. The van der Waals surface area contributed by atoms with Crippen LogP contribution in [-0.4, -0.2) is 29.2 Å². The number of carbonyl (C=O) groups is 3. The van der Waals surface area contributed by atoms with Crippen LogP contribution in [0.15, 0.2) is 42.5 Å². The number of hydrogen-bond acceptors (Lipinski definition) is 3. The predicted molar refractivity (Wildman–Crippen MR) is 103 cm³/mol. The van der Waals surface area contributed by atoms with Crippen LogP contribution >= 0.6 is 0 Å². The first kappa shape index (κ1) is 21.4. The SMILES string of the molecule is Cc1cc(NC(=O)C2CC(=O)N(Cc3cccc(C(F)(F)F)c3)C2)ccc1C(N)=O. The minimum absolute atomic E-state index is 0.00104. The number of nitrogens with one attached hydrogen (secondary N) is 1. The maximum Gasteiger partial charge on any atom is 0.416 e. The van der Waals surface area contributed by atoms with Gasteiger partial charge in [-0.1, -0.05) is 12.1 Å². The van der Waals surface area contributed by atoms with E-state index < -0.39 is 23.6 Å². The molecule has 1 heterocycles. The molecule has 158 valence electrons. The Morgan fingerprint density at radius 1 is 1.20 bits per heavy atom. The molecule has 0 aliphatic carbocycles. The monoisotopic (exact) mass is 419 g/mol. The van der Waals surface area contributed by atoms with Gasteiger partial charge >= 0.3 is 6.18 Å². The number of likely N-dealkylation sites (tertiary alicyclic amines) is 1. The van der Waals surface area contributed by atoms with Gasteiger partial charge in [-0.3, -0.25) is 14.4 Å². The van der Waals surface area contributed by atoms with E-state index in [9.17, 15) is 27.6 Å². The zero-order valence-corrected chi connectivity index (χ0v) is 16.1. The van der Waals surface area contributed by atoms with Gasteiger partial charge in [0.15, 0.2) is 0 Å². The first-order valence-corrected chi connectivity index (χ1v) is 9.20. The minimum atomic E-state index is -4.46. The number of hydrogen-bond donors (Lipinski definition) is 2. The molecule has 0 bridgehead atoms. The summed E-state index contributed by atoms with van der Waals surface area (Å²) in [6.07, 6.45) is -4.49. The number of primary amides is 1. The molecular weight excluding hydrogens is 399 g/mol. The molecule has 1 saturated heterocycles. The number of aryl methyl sites for hydroxylation is 1. The number of halogens is 3. The predicted octanol–water partition coefficient (Wildman–Crippen LogP) is 3.10. The average Bonchev–Trinajstić information content (AvgIpc) is 3.02. The van der Waals surface area contributed by atoms with Crippen LogP contribution in [-0.2, 0) is 22.3 Å². The highest BCUT2D eigenvalue weighted by atomic mass is 19.4. The number of carbonyl (C=O) groups excluding carboxylic acids is 3. The molecule has 3 rings (SSSR count). The Morgan fingerprint density at radius 2 is 1.93 bits per heavy atom. The molecule has 1 fully saturated rings. The van der Waals surface area contributed by atoms with Gasteiger partial charge in [0.2, 0.25) is 17.7 Å². The van der Waals surface area contributed by atoms with E-state index in [1.165, 1.54) is 23.1 Å². The van der Waals surface area contributed by atoms with Gasteiger partial charge in [-0.25, -0.2) is 0 Å². The van der Waals surface area contributed by atoms with Crippen LogP contribution in [0.3, 0.4) is 0 Å². The lowest BCUT2D eigenvalue weighted by molar-refractivity contribution is -0.137. The highest BCUT2D eigenvalue weighted by molar-refractivity contribution is 5.98. The quantitative estimate of drug-likeness (QED) is 0.780. The number of rotatable bonds is 5. The molecule has 6 nitrogen and oxygen atoms in total. The third kappa shape index (κ3) is 4.79. The van der Waals surface area contributed by atoms with Crippen LogP contribution in [0.25, 0.3) is 0 Å². The van der Waals surface area contributed by atoms with E-state index in [2.05, 4.69) is 5.32 Å². The second-order valence-corrected chi connectivity index (χ2v) is 7.26. The van der Waals surface area contributed by atoms with Crippen LogP contribution in [0.2, 0.25) is 0 Å². The maximum atomic E-state index is 12.9. The molecule has 1 atom stereocenters. The van der Waals surface area contributed by atoms with E-state index >= 15 is 0 Å². The summed E-state index contributed by atoms with van der Waals surface area (Å²) in [6.45, 7) is 1.80. The summed E-state index contributed by atoms with van der Waals surface area (Å²) < 4.78 is 38.6. The molecule has 9 heteroatoms. The van der Waals surface area contributed by atoms with E-state index in [4.69, 9.17) is 5.73 Å². The zero-order chi connectivity index (χ0) is 22.1. The molecule has 1 unspecified atom stereocenters. The fourth-order valence-electron chi connectivity index (χ4n) is 3.43. The van der Waals surface area contributed by atoms with Crippen molar-refractivity contribution in [2.75, 3.05) is 11.9 Å². The van der Waals surface area contributed by atoms with Crippen LogP contribution < -0.4 is 11.1 Å². The van der Waals surface area contributed by atoms with Crippen molar-refractivity contribution in [1.82, 2.24) is 4.90 Å². The van der Waals surface area contributed by atoms with Crippen molar-refractivity contribution in [1.29, 1.82) is 0 Å². The van der Waals surface area contributed by atoms with Gasteiger partial charge < -0.3 is 16.0 Å². The van der Waals surface area contributed by atoms with E-state index in [1.807, 2.05) is 0 Å². The molecule has 1 aliphatic rings. The molecule has 0 saturated carbocycles. The summed E-state index contributed by atoms with van der Waals surface area (Å²) in [5.41, 5.74) is 6.24. The Bertz CT molecular complexity index is 1000. The van der Waals surface area contributed by atoms with Gasteiger partial charge in [0, 0.05) is 30.8 Å². The van der Waals surface area contributed by atoms with Crippen molar-refractivity contribution in [2.24, 2.45) is 11.7 Å². The van der Waals surface area contributed by atoms with Crippen LogP contribution in [0.5, 0.6) is 0 Å². The van der Waals surface area contributed by atoms with Crippen molar-refractivity contribution in [2.45, 2.75) is 26.1 Å². The van der Waals surface area contributed by atoms with E-state index in [0.29, 0.717) is 22.4 Å². The second kappa shape index (κ2) is 8.17. The highest BCUT2D eigenvalue weighted by Gasteiger charge is 2.35. The molecule has 0 spiro atoms. The van der Waals surface area contributed by atoms with Gasteiger partial charge in [-0.05, 0) is 48.4 Å². The summed E-state index contributed by atoms with van der Waals surface area (Å²) >= 11 is 0. The Labute approximate surface area is 170 Å². The Kier molecular flexibility index (Phi) is 5.82. The third-order valence-electron chi connectivity index (χ3n) is 4.97. The van der Waals surface area contributed by atoms with Crippen molar-refractivity contribution < 1.29 is 27.6 Å². The maximum absolute atomic E-state index is 12.9. The van der Waals surface area contributed by atoms with Crippen LogP contribution in [0.1, 0.15) is 33.5 Å². The van der Waals surface area contributed by atoms with E-state index in [1.54, 1.807) is 19.1 Å². The Morgan fingerprint density at radius 3 is 2.57 bits per heavy atom. The molecule has 1 aliphatic heterocycles. The fourth-order valence-corrected chi connectivity index (χ4v) is 3.43. The number of benzene rings is 2. The summed E-state index contributed by atoms with van der Waals surface area (Å²) in [4.78, 5) is 37.5. The third-order valence-corrected chi connectivity index (χ3v) is 4.97. The van der Waals surface area contributed by atoms with Crippen LogP contribution in [0, 0.1) is 12.8 Å². The molecule has 3 N–H and O–H groups in total. The lowest BCUT2D eigenvalue weighted by atomic mass is 10.1. The molecule has 0 aromatic heterocycles. The fraction of sp³-hybridized carbons (Fsp3) is 0.286. The summed E-state index contributed by atoms with van der Waals surface area (Å²) in [6, 6.07) is 9.44. The molecule has 3 amide bonds. The largest absolute Gasteiger partial charge is 0.416 e. The summed E-state index contributed by atoms with van der Waals surface area (Å²) in [5.74, 6) is -1.87. The number of nitrogens with two attached hydrogens (primary N) is 1. The topological polar surface area (TPSA) is 92.5 Å². The summed E-state index contributed by atoms with van der Waals surface area (Å²) in [5, 5.41) is 2.71. The standard InChI is InChI=1S/C21H20F3N3O3/c1-12-7-16(5-6-17(12)19(25)29)26-20(30)14-9-18(28)27(11-14)10-13-3-2-4-15(8-13)21(22,23)24/h2-8,14H,9-11H2,1H3,(H2,25,29)(H,26,30). The van der Waals surface area contributed by atoms with Crippen molar-refractivity contribution in [3.8, 4) is 0 Å². The van der Waals surface area contributed by atoms with Gasteiger partial charge in [0.05, 0.1) is 11.5 Å². The van der Waals surface area contributed by atoms with Gasteiger partial charge in [-0.2, -0.15) is 13.2 Å². The Hall–Kier alpha value is -3.36. The molecule has 30 heavy (non-hydrogen) atoms. The van der Waals surface area contributed by atoms with E-state index in [-0.39, 0.29) is 31.3 Å². The smallest absolute Gasteiger partial charge is 0.366 e. The summed E-state index contributed by atoms with van der Waals surface area (Å²) in [7, 11) is 0. The lowest BCUT2D eigenvalue weighted by Gasteiger charge is -2.18. The normalized spacial score (nSPS) is 16.6. The lowest BCUT2D eigenvalue weighted by Crippen LogP contribution is -2.28. The minimum Gasteiger partial charge on any atom is -0.366 e. The van der Waals surface area contributed by atoms with Crippen molar-refractivity contribution >= 4 is 23.4 Å². The molecule has 2 aromatic rings. The van der Waals surface area contributed by atoms with Crippen molar-refractivity contribution in [3.05, 3.63) is 64.7 Å².